The van der Waals surface area contributed by atoms with Crippen LogP contribution in [0, 0.1) is 0 Å². The number of hydrogen-bond acceptors (Lipinski definition) is 5. The van der Waals surface area contributed by atoms with Crippen LogP contribution in [0.3, 0.4) is 0 Å². The standard InChI is InChI=1S/C23H27N3O5/c1-24-22(28)17-12-26(15-7-3-2-4-8-15)13-18(21(17)27)23(29)25-11-16-14-30-19-9-5-6-10-20(19)31-16/h5-6,9-10,12-13,15-16H,2-4,7-8,11,14H2,1H3,(H,24,28)(H,25,29)/t16-/m1/s1. The van der Waals surface area contributed by atoms with E-state index in [9.17, 15) is 14.4 Å². The Hall–Kier alpha value is -3.29. The lowest BCUT2D eigenvalue weighted by atomic mass is 9.95. The molecule has 2 heterocycles. The molecule has 0 unspecified atom stereocenters. The van der Waals surface area contributed by atoms with E-state index < -0.39 is 17.2 Å². The predicted molar refractivity (Wildman–Crippen MR) is 115 cm³/mol. The molecule has 8 heteroatoms. The highest BCUT2D eigenvalue weighted by molar-refractivity contribution is 5.99. The molecule has 1 aromatic heterocycles. The van der Waals surface area contributed by atoms with Crippen molar-refractivity contribution in [2.24, 2.45) is 0 Å². The number of carbonyl (C=O) groups is 2. The first kappa shape index (κ1) is 21.0. The highest BCUT2D eigenvalue weighted by Crippen LogP contribution is 2.31. The Morgan fingerprint density at radius 2 is 1.71 bits per heavy atom. The Labute approximate surface area is 180 Å². The first-order valence-electron chi connectivity index (χ1n) is 10.7. The maximum absolute atomic E-state index is 12.9. The molecule has 0 bridgehead atoms. The molecule has 1 aliphatic heterocycles. The fourth-order valence-corrected chi connectivity index (χ4v) is 4.11. The molecule has 2 aliphatic rings. The maximum atomic E-state index is 12.9. The number of fused-ring (bicyclic) bond motifs is 1. The fourth-order valence-electron chi connectivity index (χ4n) is 4.11. The number of amides is 2. The molecule has 31 heavy (non-hydrogen) atoms. The molecule has 1 atom stereocenters. The van der Waals surface area contributed by atoms with Gasteiger partial charge < -0.3 is 24.7 Å². The van der Waals surface area contributed by atoms with Gasteiger partial charge in [0.2, 0.25) is 5.43 Å². The number of aromatic nitrogens is 1. The van der Waals surface area contributed by atoms with E-state index in [1.165, 1.54) is 13.5 Å². The van der Waals surface area contributed by atoms with Gasteiger partial charge in [0.1, 0.15) is 23.8 Å². The average molecular weight is 425 g/mol. The fraction of sp³-hybridized carbons (Fsp3) is 0.435. The number of pyridine rings is 1. The van der Waals surface area contributed by atoms with Crippen LogP contribution in [0.5, 0.6) is 11.5 Å². The van der Waals surface area contributed by atoms with E-state index in [0.717, 1.165) is 25.7 Å². The molecule has 0 saturated heterocycles. The summed E-state index contributed by atoms with van der Waals surface area (Å²) in [5.41, 5.74) is -0.634. The van der Waals surface area contributed by atoms with Gasteiger partial charge in [0.15, 0.2) is 11.5 Å². The third-order valence-corrected chi connectivity index (χ3v) is 5.82. The second-order valence-corrected chi connectivity index (χ2v) is 7.94. The zero-order chi connectivity index (χ0) is 21.8. The van der Waals surface area contributed by atoms with Gasteiger partial charge in [-0.2, -0.15) is 0 Å². The number of nitrogens with one attached hydrogen (secondary N) is 2. The minimum Gasteiger partial charge on any atom is -0.486 e. The van der Waals surface area contributed by atoms with Crippen LogP contribution in [0.1, 0.15) is 58.9 Å². The van der Waals surface area contributed by atoms with Crippen molar-refractivity contribution in [2.45, 2.75) is 44.2 Å². The van der Waals surface area contributed by atoms with Gasteiger partial charge in [-0.15, -0.1) is 0 Å². The van der Waals surface area contributed by atoms with E-state index in [1.807, 2.05) is 22.8 Å². The summed E-state index contributed by atoms with van der Waals surface area (Å²) < 4.78 is 13.4. The average Bonchev–Trinajstić information content (AvgIpc) is 2.82. The lowest BCUT2D eigenvalue weighted by Gasteiger charge is -2.27. The van der Waals surface area contributed by atoms with E-state index in [2.05, 4.69) is 10.6 Å². The van der Waals surface area contributed by atoms with Gasteiger partial charge in [0.05, 0.1) is 6.54 Å². The minimum absolute atomic E-state index is 0.0214. The van der Waals surface area contributed by atoms with Crippen LogP contribution < -0.4 is 25.5 Å². The number of benzene rings is 1. The number of rotatable bonds is 5. The van der Waals surface area contributed by atoms with E-state index in [1.54, 1.807) is 18.5 Å². The van der Waals surface area contributed by atoms with Crippen molar-refractivity contribution in [1.29, 1.82) is 0 Å². The van der Waals surface area contributed by atoms with Crippen LogP contribution in [0.4, 0.5) is 0 Å². The van der Waals surface area contributed by atoms with Crippen molar-refractivity contribution >= 4 is 11.8 Å². The Morgan fingerprint density at radius 3 is 2.42 bits per heavy atom. The molecular formula is C23H27N3O5. The lowest BCUT2D eigenvalue weighted by Crippen LogP contribution is -2.42. The largest absolute Gasteiger partial charge is 0.486 e. The lowest BCUT2D eigenvalue weighted by molar-refractivity contribution is 0.0788. The van der Waals surface area contributed by atoms with Crippen LogP contribution in [0.15, 0.2) is 41.5 Å². The van der Waals surface area contributed by atoms with Gasteiger partial charge in [-0.05, 0) is 25.0 Å². The van der Waals surface area contributed by atoms with Crippen LogP contribution in [-0.2, 0) is 0 Å². The van der Waals surface area contributed by atoms with Gasteiger partial charge in [0.25, 0.3) is 11.8 Å². The molecule has 0 spiro atoms. The Kier molecular flexibility index (Phi) is 6.25. The normalized spacial score (nSPS) is 18.3. The highest BCUT2D eigenvalue weighted by Gasteiger charge is 2.25. The zero-order valence-electron chi connectivity index (χ0n) is 17.6. The first-order chi connectivity index (χ1) is 15.1. The van der Waals surface area contributed by atoms with Crippen molar-refractivity contribution in [2.75, 3.05) is 20.2 Å². The maximum Gasteiger partial charge on any atom is 0.256 e. The molecule has 1 fully saturated rings. The van der Waals surface area contributed by atoms with Gasteiger partial charge in [-0.1, -0.05) is 31.4 Å². The molecule has 4 rings (SSSR count). The van der Waals surface area contributed by atoms with E-state index in [0.29, 0.717) is 18.1 Å². The Bertz CT molecular complexity index is 1030. The summed E-state index contributed by atoms with van der Waals surface area (Å²) in [6.45, 7) is 0.474. The second kappa shape index (κ2) is 9.24. The molecule has 2 N–H and O–H groups in total. The molecule has 1 aromatic carbocycles. The van der Waals surface area contributed by atoms with Gasteiger partial charge in [-0.3, -0.25) is 14.4 Å². The summed E-state index contributed by atoms with van der Waals surface area (Å²) in [6, 6.07) is 7.51. The number of nitrogens with zero attached hydrogens (tertiary/aromatic N) is 1. The Morgan fingerprint density at radius 1 is 1.03 bits per heavy atom. The Balaban J connectivity index is 1.52. The number of hydrogen-bond donors (Lipinski definition) is 2. The van der Waals surface area contributed by atoms with Crippen LogP contribution >= 0.6 is 0 Å². The zero-order valence-corrected chi connectivity index (χ0v) is 17.6. The van der Waals surface area contributed by atoms with Gasteiger partial charge in [-0.25, -0.2) is 0 Å². The van der Waals surface area contributed by atoms with Crippen molar-refractivity contribution in [1.82, 2.24) is 15.2 Å². The predicted octanol–water partition coefficient (Wildman–Crippen LogP) is 2.28. The molecule has 1 aliphatic carbocycles. The summed E-state index contributed by atoms with van der Waals surface area (Å²) in [5.74, 6) is 0.264. The summed E-state index contributed by atoms with van der Waals surface area (Å²) in [5, 5.41) is 5.26. The van der Waals surface area contributed by atoms with Gasteiger partial charge in [0, 0.05) is 25.5 Å². The summed E-state index contributed by atoms with van der Waals surface area (Å²) in [4.78, 5) is 38.0. The number of para-hydroxylation sites is 2. The van der Waals surface area contributed by atoms with Crippen molar-refractivity contribution in [3.63, 3.8) is 0 Å². The highest BCUT2D eigenvalue weighted by atomic mass is 16.6. The third kappa shape index (κ3) is 4.57. The van der Waals surface area contributed by atoms with E-state index >= 15 is 0 Å². The molecule has 0 radical (unpaired) electrons. The van der Waals surface area contributed by atoms with Gasteiger partial charge >= 0.3 is 0 Å². The summed E-state index contributed by atoms with van der Waals surface area (Å²) in [7, 11) is 1.47. The topological polar surface area (TPSA) is 98.7 Å². The van der Waals surface area contributed by atoms with E-state index in [-0.39, 0.29) is 29.8 Å². The van der Waals surface area contributed by atoms with Crippen molar-refractivity contribution in [3.8, 4) is 11.5 Å². The molecule has 2 amide bonds. The van der Waals surface area contributed by atoms with E-state index in [4.69, 9.17) is 9.47 Å². The number of carbonyl (C=O) groups excluding carboxylic acids is 2. The number of ether oxygens (including phenoxy) is 2. The van der Waals surface area contributed by atoms with Crippen molar-refractivity contribution < 1.29 is 19.1 Å². The molecule has 164 valence electrons. The molecular weight excluding hydrogens is 398 g/mol. The quantitative estimate of drug-likeness (QED) is 0.766. The smallest absolute Gasteiger partial charge is 0.256 e. The van der Waals surface area contributed by atoms with Crippen LogP contribution in [0.25, 0.3) is 0 Å². The summed E-state index contributed by atoms with van der Waals surface area (Å²) in [6.07, 6.45) is 8.06. The first-order valence-corrected chi connectivity index (χ1v) is 10.7. The molecule has 2 aromatic rings. The van der Waals surface area contributed by atoms with Crippen LogP contribution in [0.2, 0.25) is 0 Å². The van der Waals surface area contributed by atoms with Crippen molar-refractivity contribution in [3.05, 3.63) is 58.0 Å². The molecule has 8 nitrogen and oxygen atoms in total. The summed E-state index contributed by atoms with van der Waals surface area (Å²) >= 11 is 0. The SMILES string of the molecule is CNC(=O)c1cn(C2CCCCC2)cc(C(=O)NC[C@@H]2COc3ccccc3O2)c1=O. The second-order valence-electron chi connectivity index (χ2n) is 7.94. The molecule has 1 saturated carbocycles. The minimum atomic E-state index is -0.574. The van der Waals surface area contributed by atoms with Crippen LogP contribution in [-0.4, -0.2) is 42.7 Å². The third-order valence-electron chi connectivity index (χ3n) is 5.82. The monoisotopic (exact) mass is 425 g/mol.